The first kappa shape index (κ1) is 20.8. The average molecular weight is 401 g/mol. The molecule has 1 N–H and O–H groups in total. The molecule has 4 rings (SSSR count). The lowest BCUT2D eigenvalue weighted by molar-refractivity contribution is -0.0301. The van der Waals surface area contributed by atoms with Crippen molar-refractivity contribution in [1.29, 1.82) is 0 Å². The summed E-state index contributed by atoms with van der Waals surface area (Å²) in [5, 5.41) is 11.2. The molecule has 3 atom stereocenters. The maximum atomic E-state index is 11.2. The van der Waals surface area contributed by atoms with Gasteiger partial charge in [0.1, 0.15) is 0 Å². The highest BCUT2D eigenvalue weighted by Crippen LogP contribution is 2.28. The molecule has 0 bridgehead atoms. The summed E-state index contributed by atoms with van der Waals surface area (Å²) in [5.74, 6) is 0. The molecule has 0 saturated carbocycles. The van der Waals surface area contributed by atoms with Gasteiger partial charge >= 0.3 is 0 Å². The third-order valence-corrected chi connectivity index (χ3v) is 6.33. The van der Waals surface area contributed by atoms with Gasteiger partial charge in [0.2, 0.25) is 0 Å². The zero-order chi connectivity index (χ0) is 20.8. The Labute approximate surface area is 180 Å². The standard InChI is InChI=1S/C27H32N2O/c1-22(25-15-9-4-10-16-25)28-18-17-26(27(30)21-28)29(19-23-11-5-2-6-12-23)20-24-13-7-3-8-14-24/h2-16,22,26-27,30H,17-21H2,1H3/t22?,26-,27-/m1/s1. The molecule has 1 fully saturated rings. The van der Waals surface area contributed by atoms with E-state index in [0.717, 1.165) is 26.1 Å². The van der Waals surface area contributed by atoms with Crippen LogP contribution in [0.2, 0.25) is 0 Å². The van der Waals surface area contributed by atoms with Crippen molar-refractivity contribution in [1.82, 2.24) is 9.80 Å². The minimum absolute atomic E-state index is 0.157. The number of benzene rings is 3. The van der Waals surface area contributed by atoms with Gasteiger partial charge in [0, 0.05) is 38.3 Å². The van der Waals surface area contributed by atoms with E-state index in [1.54, 1.807) is 0 Å². The highest BCUT2D eigenvalue weighted by atomic mass is 16.3. The van der Waals surface area contributed by atoms with Gasteiger partial charge in [-0.15, -0.1) is 0 Å². The van der Waals surface area contributed by atoms with Crippen LogP contribution in [0.3, 0.4) is 0 Å². The van der Waals surface area contributed by atoms with Crippen molar-refractivity contribution in [3.63, 3.8) is 0 Å². The van der Waals surface area contributed by atoms with Crippen LogP contribution in [-0.2, 0) is 13.1 Å². The zero-order valence-electron chi connectivity index (χ0n) is 17.8. The van der Waals surface area contributed by atoms with Gasteiger partial charge in [-0.2, -0.15) is 0 Å². The third-order valence-electron chi connectivity index (χ3n) is 6.33. The summed E-state index contributed by atoms with van der Waals surface area (Å²) in [7, 11) is 0. The smallest absolute Gasteiger partial charge is 0.0822 e. The monoisotopic (exact) mass is 400 g/mol. The van der Waals surface area contributed by atoms with Gasteiger partial charge < -0.3 is 5.11 Å². The second kappa shape index (κ2) is 10.0. The third kappa shape index (κ3) is 5.17. The van der Waals surface area contributed by atoms with E-state index in [0.29, 0.717) is 12.6 Å². The number of hydrogen-bond acceptors (Lipinski definition) is 3. The van der Waals surface area contributed by atoms with Crippen molar-refractivity contribution in [3.8, 4) is 0 Å². The topological polar surface area (TPSA) is 26.7 Å². The lowest BCUT2D eigenvalue weighted by Gasteiger charge is -2.44. The summed E-state index contributed by atoms with van der Waals surface area (Å²) in [6, 6.07) is 32.3. The summed E-state index contributed by atoms with van der Waals surface area (Å²) in [4.78, 5) is 4.87. The van der Waals surface area contributed by atoms with Gasteiger partial charge in [-0.1, -0.05) is 91.0 Å². The van der Waals surface area contributed by atoms with Crippen LogP contribution in [-0.4, -0.2) is 40.1 Å². The average Bonchev–Trinajstić information content (AvgIpc) is 2.80. The largest absolute Gasteiger partial charge is 0.390 e. The molecule has 3 aromatic carbocycles. The van der Waals surface area contributed by atoms with Crippen LogP contribution in [0.25, 0.3) is 0 Å². The van der Waals surface area contributed by atoms with Gasteiger partial charge in [-0.05, 0) is 30.0 Å². The number of likely N-dealkylation sites (tertiary alicyclic amines) is 1. The Hall–Kier alpha value is -2.46. The van der Waals surface area contributed by atoms with E-state index in [1.165, 1.54) is 16.7 Å². The fraction of sp³-hybridized carbons (Fsp3) is 0.333. The maximum absolute atomic E-state index is 11.2. The van der Waals surface area contributed by atoms with Crippen LogP contribution >= 0.6 is 0 Å². The highest BCUT2D eigenvalue weighted by Gasteiger charge is 2.34. The molecular formula is C27H32N2O. The number of β-amino-alcohol motifs (C(OH)–C–C–N with tert-alkyl or cyclic N) is 1. The number of hydrogen-bond donors (Lipinski definition) is 1. The molecule has 0 amide bonds. The van der Waals surface area contributed by atoms with Crippen LogP contribution in [0.4, 0.5) is 0 Å². The highest BCUT2D eigenvalue weighted by molar-refractivity contribution is 5.20. The molecule has 1 aliphatic heterocycles. The second-order valence-corrected chi connectivity index (χ2v) is 8.38. The van der Waals surface area contributed by atoms with Crippen molar-refractivity contribution < 1.29 is 5.11 Å². The van der Waals surface area contributed by atoms with E-state index in [1.807, 2.05) is 0 Å². The molecule has 1 unspecified atom stereocenters. The molecule has 1 aliphatic rings. The van der Waals surface area contributed by atoms with Gasteiger partial charge in [-0.25, -0.2) is 0 Å². The molecule has 3 aromatic rings. The minimum atomic E-state index is -0.364. The van der Waals surface area contributed by atoms with Gasteiger partial charge in [0.25, 0.3) is 0 Å². The first-order chi connectivity index (χ1) is 14.7. The number of aliphatic hydroxyl groups is 1. The number of nitrogens with zero attached hydrogens (tertiary/aromatic N) is 2. The Morgan fingerprint density at radius 1 is 0.833 bits per heavy atom. The number of piperidine rings is 1. The molecule has 0 aliphatic carbocycles. The molecule has 0 radical (unpaired) electrons. The lowest BCUT2D eigenvalue weighted by Crippen LogP contribution is -2.54. The zero-order valence-corrected chi connectivity index (χ0v) is 17.8. The van der Waals surface area contributed by atoms with Crippen molar-refractivity contribution >= 4 is 0 Å². The van der Waals surface area contributed by atoms with Crippen LogP contribution in [0.15, 0.2) is 91.0 Å². The predicted octanol–water partition coefficient (Wildman–Crippen LogP) is 4.89. The molecule has 0 aromatic heterocycles. The first-order valence-electron chi connectivity index (χ1n) is 11.0. The van der Waals surface area contributed by atoms with E-state index < -0.39 is 0 Å². The van der Waals surface area contributed by atoms with Crippen molar-refractivity contribution in [2.24, 2.45) is 0 Å². The summed E-state index contributed by atoms with van der Waals surface area (Å²) in [6.45, 7) is 5.66. The molecule has 1 heterocycles. The molecule has 3 heteroatoms. The fourth-order valence-corrected chi connectivity index (χ4v) is 4.59. The molecule has 3 nitrogen and oxygen atoms in total. The minimum Gasteiger partial charge on any atom is -0.390 e. The Kier molecular flexibility index (Phi) is 6.96. The SMILES string of the molecule is CC(c1ccccc1)N1CC[C@@H](N(Cc2ccccc2)Cc2ccccc2)[C@H](O)C1. The maximum Gasteiger partial charge on any atom is 0.0822 e. The van der Waals surface area contributed by atoms with Crippen LogP contribution < -0.4 is 0 Å². The van der Waals surface area contributed by atoms with E-state index in [9.17, 15) is 5.11 Å². The van der Waals surface area contributed by atoms with Gasteiger partial charge in [-0.3, -0.25) is 9.80 Å². The van der Waals surface area contributed by atoms with Crippen LogP contribution in [0.5, 0.6) is 0 Å². The molecule has 1 saturated heterocycles. The number of aliphatic hydroxyl groups excluding tert-OH is 1. The lowest BCUT2D eigenvalue weighted by atomic mass is 9.95. The van der Waals surface area contributed by atoms with Crippen molar-refractivity contribution in [2.45, 2.75) is 44.6 Å². The van der Waals surface area contributed by atoms with Crippen LogP contribution in [0.1, 0.15) is 36.1 Å². The van der Waals surface area contributed by atoms with Crippen molar-refractivity contribution in [2.75, 3.05) is 13.1 Å². The normalized spacial score (nSPS) is 20.9. The Morgan fingerprint density at radius 3 is 1.83 bits per heavy atom. The Bertz CT molecular complexity index is 843. The second-order valence-electron chi connectivity index (χ2n) is 8.38. The van der Waals surface area contributed by atoms with Crippen LogP contribution in [0, 0.1) is 0 Å². The van der Waals surface area contributed by atoms with Gasteiger partial charge in [0.05, 0.1) is 6.10 Å². The van der Waals surface area contributed by atoms with E-state index in [4.69, 9.17) is 0 Å². The predicted molar refractivity (Wildman–Crippen MR) is 123 cm³/mol. The molecular weight excluding hydrogens is 368 g/mol. The first-order valence-corrected chi connectivity index (χ1v) is 11.0. The summed E-state index contributed by atoms with van der Waals surface area (Å²) < 4.78 is 0. The summed E-state index contributed by atoms with van der Waals surface area (Å²) in [5.41, 5.74) is 3.90. The summed E-state index contributed by atoms with van der Waals surface area (Å²) >= 11 is 0. The molecule has 156 valence electrons. The van der Waals surface area contributed by atoms with Gasteiger partial charge in [0.15, 0.2) is 0 Å². The van der Waals surface area contributed by atoms with E-state index in [2.05, 4.69) is 108 Å². The molecule has 30 heavy (non-hydrogen) atoms. The Balaban J connectivity index is 1.48. The van der Waals surface area contributed by atoms with E-state index in [-0.39, 0.29) is 12.1 Å². The summed E-state index contributed by atoms with van der Waals surface area (Å²) in [6.07, 6.45) is 0.607. The van der Waals surface area contributed by atoms with Crippen molar-refractivity contribution in [3.05, 3.63) is 108 Å². The molecule has 0 spiro atoms. The number of rotatable bonds is 7. The Morgan fingerprint density at radius 2 is 1.33 bits per heavy atom. The fourth-order valence-electron chi connectivity index (χ4n) is 4.59. The quantitative estimate of drug-likeness (QED) is 0.612. The van der Waals surface area contributed by atoms with E-state index >= 15 is 0 Å².